The first-order chi connectivity index (χ1) is 14.8. The van der Waals surface area contributed by atoms with Crippen LogP contribution in [0, 0.1) is 3.57 Å². The molecule has 0 unspecified atom stereocenters. The Kier molecular flexibility index (Phi) is 6.59. The van der Waals surface area contributed by atoms with Gasteiger partial charge in [0.1, 0.15) is 5.57 Å². The summed E-state index contributed by atoms with van der Waals surface area (Å²) in [4.78, 5) is 49.4. The van der Waals surface area contributed by atoms with Gasteiger partial charge < -0.3 is 14.6 Å². The third-order valence-electron chi connectivity index (χ3n) is 4.33. The van der Waals surface area contributed by atoms with Crippen molar-refractivity contribution < 1.29 is 33.8 Å². The molecule has 2 aromatic carbocycles. The highest BCUT2D eigenvalue weighted by Crippen LogP contribution is 2.35. The van der Waals surface area contributed by atoms with E-state index in [1.54, 1.807) is 12.1 Å². The highest BCUT2D eigenvalue weighted by Gasteiger charge is 2.37. The van der Waals surface area contributed by atoms with Crippen LogP contribution in [0.4, 0.5) is 10.5 Å². The van der Waals surface area contributed by atoms with E-state index in [2.05, 4.69) is 27.9 Å². The van der Waals surface area contributed by atoms with Crippen molar-refractivity contribution in [3.8, 4) is 11.5 Å². The minimum absolute atomic E-state index is 0.00323. The molecule has 0 saturated carbocycles. The lowest BCUT2D eigenvalue weighted by molar-refractivity contribution is -0.122. The zero-order valence-electron chi connectivity index (χ0n) is 16.5. The summed E-state index contributed by atoms with van der Waals surface area (Å²) in [5.41, 5.74) is 0.365. The summed E-state index contributed by atoms with van der Waals surface area (Å²) in [7, 11) is 1.48. The molecule has 1 aliphatic heterocycles. The minimum atomic E-state index is -1.14. The van der Waals surface area contributed by atoms with Crippen LogP contribution < -0.4 is 19.7 Å². The van der Waals surface area contributed by atoms with E-state index in [0.29, 0.717) is 27.2 Å². The maximum Gasteiger partial charge on any atom is 0.335 e. The smallest absolute Gasteiger partial charge is 0.335 e. The number of nitrogens with one attached hydrogen (secondary N) is 1. The molecule has 2 aromatic rings. The maximum atomic E-state index is 13.0. The second kappa shape index (κ2) is 9.16. The standard InChI is InChI=1S/C21H17IN2O7/c1-3-31-17-15(22)9-11(10-16(17)30-2)8-14-18(25)23-21(29)24(19(14)26)13-6-4-12(5-7-13)20(27)28/h4-10H,3H2,1-2H3,(H,27,28)(H,23,25,29)/b14-8+. The average molecular weight is 536 g/mol. The van der Waals surface area contributed by atoms with E-state index in [-0.39, 0.29) is 16.8 Å². The predicted molar refractivity (Wildman–Crippen MR) is 119 cm³/mol. The minimum Gasteiger partial charge on any atom is -0.493 e. The third-order valence-corrected chi connectivity index (χ3v) is 5.13. The van der Waals surface area contributed by atoms with Crippen molar-refractivity contribution in [2.75, 3.05) is 18.6 Å². The van der Waals surface area contributed by atoms with Gasteiger partial charge >= 0.3 is 12.0 Å². The van der Waals surface area contributed by atoms with Crippen LogP contribution in [-0.4, -0.2) is 42.6 Å². The summed E-state index contributed by atoms with van der Waals surface area (Å²) < 4.78 is 11.6. The Balaban J connectivity index is 2.01. The molecule has 31 heavy (non-hydrogen) atoms. The second-order valence-corrected chi connectivity index (χ2v) is 7.44. The van der Waals surface area contributed by atoms with Crippen molar-refractivity contribution in [2.24, 2.45) is 0 Å². The molecule has 3 rings (SSSR count). The Morgan fingerprint density at radius 2 is 1.87 bits per heavy atom. The highest BCUT2D eigenvalue weighted by molar-refractivity contribution is 14.1. The van der Waals surface area contributed by atoms with Crippen molar-refractivity contribution in [2.45, 2.75) is 6.92 Å². The summed E-state index contributed by atoms with van der Waals surface area (Å²) >= 11 is 2.06. The van der Waals surface area contributed by atoms with Crippen LogP contribution in [0.15, 0.2) is 42.0 Å². The van der Waals surface area contributed by atoms with Crippen LogP contribution >= 0.6 is 22.6 Å². The maximum absolute atomic E-state index is 13.0. The Morgan fingerprint density at radius 3 is 2.45 bits per heavy atom. The van der Waals surface area contributed by atoms with E-state index in [0.717, 1.165) is 4.90 Å². The highest BCUT2D eigenvalue weighted by atomic mass is 127. The van der Waals surface area contributed by atoms with Gasteiger partial charge in [-0.2, -0.15) is 0 Å². The lowest BCUT2D eigenvalue weighted by Gasteiger charge is -2.26. The molecule has 160 valence electrons. The molecule has 0 aromatic heterocycles. The number of amides is 4. The van der Waals surface area contributed by atoms with E-state index in [1.165, 1.54) is 37.5 Å². The number of benzene rings is 2. The van der Waals surface area contributed by atoms with Gasteiger partial charge in [-0.15, -0.1) is 0 Å². The number of methoxy groups -OCH3 is 1. The van der Waals surface area contributed by atoms with Gasteiger partial charge in [0, 0.05) is 0 Å². The number of nitrogens with zero attached hydrogens (tertiary/aromatic N) is 1. The largest absolute Gasteiger partial charge is 0.493 e. The topological polar surface area (TPSA) is 122 Å². The van der Waals surface area contributed by atoms with E-state index in [9.17, 15) is 19.2 Å². The SMILES string of the molecule is CCOc1c(I)cc(/C=C2\C(=O)NC(=O)N(c3ccc(C(=O)O)cc3)C2=O)cc1OC. The summed E-state index contributed by atoms with van der Waals surface area (Å²) in [5.74, 6) is -1.84. The van der Waals surface area contributed by atoms with Crippen LogP contribution in [0.1, 0.15) is 22.8 Å². The van der Waals surface area contributed by atoms with Crippen molar-refractivity contribution >= 4 is 58.2 Å². The molecule has 0 atom stereocenters. The van der Waals surface area contributed by atoms with Gasteiger partial charge in [0.25, 0.3) is 11.8 Å². The number of carbonyl (C=O) groups excluding carboxylic acids is 3. The number of urea groups is 1. The molecule has 1 saturated heterocycles. The van der Waals surface area contributed by atoms with Crippen LogP contribution in [0.25, 0.3) is 6.08 Å². The molecule has 10 heteroatoms. The van der Waals surface area contributed by atoms with Crippen molar-refractivity contribution in [3.05, 3.63) is 56.7 Å². The molecule has 0 bridgehead atoms. The van der Waals surface area contributed by atoms with Gasteiger partial charge in [0.2, 0.25) is 0 Å². The van der Waals surface area contributed by atoms with Gasteiger partial charge in [0.05, 0.1) is 28.5 Å². The average Bonchev–Trinajstić information content (AvgIpc) is 2.73. The first-order valence-electron chi connectivity index (χ1n) is 9.02. The summed E-state index contributed by atoms with van der Waals surface area (Å²) in [6.45, 7) is 2.27. The molecule has 1 heterocycles. The normalized spacial score (nSPS) is 15.1. The van der Waals surface area contributed by atoms with Crippen molar-refractivity contribution in [1.82, 2.24) is 5.32 Å². The molecular formula is C21H17IN2O7. The number of barbiturate groups is 1. The molecule has 0 spiro atoms. The monoisotopic (exact) mass is 536 g/mol. The number of aromatic carboxylic acids is 1. The summed E-state index contributed by atoms with van der Waals surface area (Å²) in [6, 6.07) is 7.56. The molecule has 9 nitrogen and oxygen atoms in total. The predicted octanol–water partition coefficient (Wildman–Crippen LogP) is 3.06. The van der Waals surface area contributed by atoms with Crippen molar-refractivity contribution in [3.63, 3.8) is 0 Å². The number of carboxylic acids is 1. The van der Waals surface area contributed by atoms with Gasteiger partial charge in [-0.1, -0.05) is 0 Å². The van der Waals surface area contributed by atoms with Crippen LogP contribution in [0.2, 0.25) is 0 Å². The number of carboxylic acid groups (broad SMARTS) is 1. The number of carbonyl (C=O) groups is 4. The molecular weight excluding hydrogens is 519 g/mol. The Bertz CT molecular complexity index is 1110. The van der Waals surface area contributed by atoms with E-state index < -0.39 is 23.8 Å². The van der Waals surface area contributed by atoms with Gasteiger partial charge in [-0.3, -0.25) is 14.9 Å². The number of hydrogen-bond donors (Lipinski definition) is 2. The van der Waals surface area contributed by atoms with E-state index in [1.807, 2.05) is 6.92 Å². The van der Waals surface area contributed by atoms with E-state index >= 15 is 0 Å². The zero-order valence-corrected chi connectivity index (χ0v) is 18.6. The number of ether oxygens (including phenoxy) is 2. The Labute approximate surface area is 190 Å². The number of rotatable bonds is 6. The fourth-order valence-corrected chi connectivity index (χ4v) is 3.70. The lowest BCUT2D eigenvalue weighted by atomic mass is 10.1. The van der Waals surface area contributed by atoms with Crippen LogP contribution in [-0.2, 0) is 9.59 Å². The second-order valence-electron chi connectivity index (χ2n) is 6.28. The van der Waals surface area contributed by atoms with Gasteiger partial charge in [-0.05, 0) is 77.6 Å². The zero-order chi connectivity index (χ0) is 22.7. The summed E-state index contributed by atoms with van der Waals surface area (Å²) in [5, 5.41) is 11.1. The first-order valence-corrected chi connectivity index (χ1v) is 10.1. The Morgan fingerprint density at radius 1 is 1.19 bits per heavy atom. The molecule has 4 amide bonds. The number of halogens is 1. The Hall–Kier alpha value is -3.41. The fraction of sp³-hybridized carbons (Fsp3) is 0.143. The summed E-state index contributed by atoms with van der Waals surface area (Å²) in [6.07, 6.45) is 1.35. The molecule has 2 N–H and O–H groups in total. The van der Waals surface area contributed by atoms with E-state index in [4.69, 9.17) is 14.6 Å². The molecule has 1 aliphatic rings. The van der Waals surface area contributed by atoms with Crippen LogP contribution in [0.3, 0.4) is 0 Å². The lowest BCUT2D eigenvalue weighted by Crippen LogP contribution is -2.54. The first kappa shape index (κ1) is 22.3. The fourth-order valence-electron chi connectivity index (χ4n) is 2.92. The molecule has 0 radical (unpaired) electrons. The number of imide groups is 2. The molecule has 1 fully saturated rings. The molecule has 0 aliphatic carbocycles. The van der Waals surface area contributed by atoms with Gasteiger partial charge in [-0.25, -0.2) is 14.5 Å². The van der Waals surface area contributed by atoms with Crippen molar-refractivity contribution in [1.29, 1.82) is 0 Å². The van der Waals surface area contributed by atoms with Crippen LogP contribution in [0.5, 0.6) is 11.5 Å². The number of hydrogen-bond acceptors (Lipinski definition) is 6. The number of anilines is 1. The quantitative estimate of drug-likeness (QED) is 0.331. The van der Waals surface area contributed by atoms with Gasteiger partial charge in [0.15, 0.2) is 11.5 Å². The third kappa shape index (κ3) is 4.53.